The third-order valence-corrected chi connectivity index (χ3v) is 4.16. The van der Waals surface area contributed by atoms with E-state index in [0.29, 0.717) is 6.54 Å². The first-order valence-corrected chi connectivity index (χ1v) is 9.00. The van der Waals surface area contributed by atoms with Gasteiger partial charge in [0.15, 0.2) is 5.96 Å². The van der Waals surface area contributed by atoms with Crippen LogP contribution in [0, 0.1) is 0 Å². The van der Waals surface area contributed by atoms with Crippen molar-refractivity contribution in [2.24, 2.45) is 12.0 Å². The van der Waals surface area contributed by atoms with Gasteiger partial charge in [0, 0.05) is 31.9 Å². The van der Waals surface area contributed by atoms with Crippen LogP contribution in [0.1, 0.15) is 44.6 Å². The van der Waals surface area contributed by atoms with Crippen LogP contribution in [0.4, 0.5) is 0 Å². The van der Waals surface area contributed by atoms with Crippen molar-refractivity contribution in [1.82, 2.24) is 25.3 Å². The van der Waals surface area contributed by atoms with E-state index >= 15 is 0 Å². The van der Waals surface area contributed by atoms with Gasteiger partial charge in [-0.25, -0.2) is 4.99 Å². The maximum Gasteiger partial charge on any atom is 0.191 e. The lowest BCUT2D eigenvalue weighted by Crippen LogP contribution is -2.38. The van der Waals surface area contributed by atoms with E-state index in [0.717, 1.165) is 31.0 Å². The number of aromatic nitrogens is 2. The number of aryl methyl sites for hydroxylation is 1. The van der Waals surface area contributed by atoms with Gasteiger partial charge in [0.05, 0.1) is 12.7 Å². The van der Waals surface area contributed by atoms with Gasteiger partial charge in [-0.1, -0.05) is 12.8 Å². The zero-order valence-electron chi connectivity index (χ0n) is 15.1. The highest BCUT2D eigenvalue weighted by molar-refractivity contribution is 14.0. The standard InChI is InChI=1S/C17H32N6.HI/c1-3-18-17(20-13-16-14-21-22(2)15-16)19-9-8-12-23-10-6-4-5-7-11-23;/h14-15H,3-13H2,1-2H3,(H2,18,19,20);1H. The van der Waals surface area contributed by atoms with Gasteiger partial charge in [-0.05, 0) is 45.8 Å². The maximum absolute atomic E-state index is 4.62. The van der Waals surface area contributed by atoms with Gasteiger partial charge in [-0.2, -0.15) is 5.10 Å². The van der Waals surface area contributed by atoms with Crippen LogP contribution in [-0.2, 0) is 13.6 Å². The zero-order chi connectivity index (χ0) is 16.3. The fraction of sp³-hybridized carbons (Fsp3) is 0.765. The molecule has 138 valence electrons. The zero-order valence-corrected chi connectivity index (χ0v) is 17.5. The number of likely N-dealkylation sites (tertiary alicyclic amines) is 1. The van der Waals surface area contributed by atoms with Gasteiger partial charge in [0.2, 0.25) is 0 Å². The van der Waals surface area contributed by atoms with Gasteiger partial charge in [-0.3, -0.25) is 4.68 Å². The number of nitrogens with one attached hydrogen (secondary N) is 2. The van der Waals surface area contributed by atoms with Gasteiger partial charge in [0.1, 0.15) is 0 Å². The smallest absolute Gasteiger partial charge is 0.191 e. The molecule has 0 radical (unpaired) electrons. The van der Waals surface area contributed by atoms with Crippen LogP contribution in [0.5, 0.6) is 0 Å². The van der Waals surface area contributed by atoms with Crippen LogP contribution in [0.25, 0.3) is 0 Å². The summed E-state index contributed by atoms with van der Waals surface area (Å²) in [7, 11) is 1.93. The van der Waals surface area contributed by atoms with Crippen molar-refractivity contribution in [3.8, 4) is 0 Å². The molecule has 1 saturated heterocycles. The molecule has 2 heterocycles. The Labute approximate surface area is 163 Å². The Hall–Kier alpha value is -0.830. The summed E-state index contributed by atoms with van der Waals surface area (Å²) < 4.78 is 1.81. The van der Waals surface area contributed by atoms with Crippen molar-refractivity contribution in [1.29, 1.82) is 0 Å². The first kappa shape index (κ1) is 21.2. The first-order chi connectivity index (χ1) is 11.3. The predicted octanol–water partition coefficient (Wildman–Crippen LogP) is 2.36. The molecule has 24 heavy (non-hydrogen) atoms. The van der Waals surface area contributed by atoms with Crippen LogP contribution in [0.2, 0.25) is 0 Å². The average molecular weight is 448 g/mol. The summed E-state index contributed by atoms with van der Waals surface area (Å²) in [4.78, 5) is 7.23. The molecule has 1 fully saturated rings. The van der Waals surface area contributed by atoms with Crippen LogP contribution in [0.15, 0.2) is 17.4 Å². The lowest BCUT2D eigenvalue weighted by molar-refractivity contribution is 0.282. The van der Waals surface area contributed by atoms with Crippen molar-refractivity contribution in [3.05, 3.63) is 18.0 Å². The van der Waals surface area contributed by atoms with Crippen molar-refractivity contribution in [2.75, 3.05) is 32.7 Å². The van der Waals surface area contributed by atoms with E-state index in [1.165, 1.54) is 45.3 Å². The van der Waals surface area contributed by atoms with Crippen LogP contribution in [0.3, 0.4) is 0 Å². The molecular formula is C17H33IN6. The monoisotopic (exact) mass is 448 g/mol. The molecular weight excluding hydrogens is 415 g/mol. The lowest BCUT2D eigenvalue weighted by Gasteiger charge is -2.20. The molecule has 0 atom stereocenters. The SMILES string of the molecule is CCNC(=NCc1cnn(C)c1)NCCCN1CCCCCC1.I. The molecule has 1 aromatic heterocycles. The topological polar surface area (TPSA) is 57.5 Å². The molecule has 1 aliphatic heterocycles. The van der Waals surface area contributed by atoms with E-state index in [1.54, 1.807) is 0 Å². The summed E-state index contributed by atoms with van der Waals surface area (Å²) in [5.74, 6) is 0.896. The molecule has 0 spiro atoms. The Kier molecular flexibility index (Phi) is 11.1. The van der Waals surface area contributed by atoms with E-state index in [9.17, 15) is 0 Å². The van der Waals surface area contributed by atoms with Crippen LogP contribution < -0.4 is 10.6 Å². The minimum atomic E-state index is 0. The average Bonchev–Trinajstić information content (AvgIpc) is 2.80. The number of hydrogen-bond acceptors (Lipinski definition) is 3. The number of hydrogen-bond donors (Lipinski definition) is 2. The third kappa shape index (κ3) is 8.32. The Morgan fingerprint density at radius 2 is 1.96 bits per heavy atom. The maximum atomic E-state index is 4.62. The number of halogens is 1. The van der Waals surface area contributed by atoms with E-state index in [2.05, 4.69) is 32.5 Å². The molecule has 0 bridgehead atoms. The number of guanidine groups is 1. The van der Waals surface area contributed by atoms with E-state index in [1.807, 2.05) is 24.1 Å². The Balaban J connectivity index is 0.00000288. The summed E-state index contributed by atoms with van der Waals surface area (Å²) in [6, 6.07) is 0. The van der Waals surface area contributed by atoms with Crippen molar-refractivity contribution in [3.63, 3.8) is 0 Å². The summed E-state index contributed by atoms with van der Waals surface area (Å²) in [5.41, 5.74) is 1.13. The minimum absolute atomic E-state index is 0. The summed E-state index contributed by atoms with van der Waals surface area (Å²) in [5, 5.41) is 10.9. The summed E-state index contributed by atoms with van der Waals surface area (Å²) >= 11 is 0. The van der Waals surface area contributed by atoms with Crippen LogP contribution >= 0.6 is 24.0 Å². The molecule has 7 heteroatoms. The molecule has 0 aromatic carbocycles. The normalized spacial score (nSPS) is 16.3. The van der Waals surface area contributed by atoms with Gasteiger partial charge in [-0.15, -0.1) is 24.0 Å². The Morgan fingerprint density at radius 3 is 2.58 bits per heavy atom. The fourth-order valence-electron chi connectivity index (χ4n) is 2.93. The van der Waals surface area contributed by atoms with Crippen molar-refractivity contribution < 1.29 is 0 Å². The molecule has 2 rings (SSSR count). The predicted molar refractivity (Wildman–Crippen MR) is 111 cm³/mol. The van der Waals surface area contributed by atoms with Crippen LogP contribution in [-0.4, -0.2) is 53.4 Å². The highest BCUT2D eigenvalue weighted by atomic mass is 127. The molecule has 1 aromatic rings. The second kappa shape index (κ2) is 12.5. The third-order valence-electron chi connectivity index (χ3n) is 4.16. The summed E-state index contributed by atoms with van der Waals surface area (Å²) in [6.07, 6.45) is 10.6. The van der Waals surface area contributed by atoms with Gasteiger partial charge in [0.25, 0.3) is 0 Å². The van der Waals surface area contributed by atoms with Crippen molar-refractivity contribution in [2.45, 2.75) is 45.6 Å². The first-order valence-electron chi connectivity index (χ1n) is 9.00. The minimum Gasteiger partial charge on any atom is -0.357 e. The number of nitrogens with zero attached hydrogens (tertiary/aromatic N) is 4. The molecule has 0 amide bonds. The Morgan fingerprint density at radius 1 is 1.21 bits per heavy atom. The van der Waals surface area contributed by atoms with Gasteiger partial charge >= 0.3 is 0 Å². The number of aliphatic imine (C=N–C) groups is 1. The molecule has 0 unspecified atom stereocenters. The molecule has 1 aliphatic rings. The molecule has 2 N–H and O–H groups in total. The van der Waals surface area contributed by atoms with Crippen molar-refractivity contribution >= 4 is 29.9 Å². The van der Waals surface area contributed by atoms with Gasteiger partial charge < -0.3 is 15.5 Å². The highest BCUT2D eigenvalue weighted by Crippen LogP contribution is 2.09. The quantitative estimate of drug-likeness (QED) is 0.291. The molecule has 0 aliphatic carbocycles. The summed E-state index contributed by atoms with van der Waals surface area (Å²) in [6.45, 7) is 8.34. The largest absolute Gasteiger partial charge is 0.357 e. The van der Waals surface area contributed by atoms with E-state index < -0.39 is 0 Å². The molecule has 6 nitrogen and oxygen atoms in total. The Bertz CT molecular complexity index is 465. The second-order valence-corrected chi connectivity index (χ2v) is 6.25. The molecule has 0 saturated carbocycles. The fourth-order valence-corrected chi connectivity index (χ4v) is 2.93. The lowest BCUT2D eigenvalue weighted by atomic mass is 10.2. The van der Waals surface area contributed by atoms with E-state index in [-0.39, 0.29) is 24.0 Å². The van der Waals surface area contributed by atoms with E-state index in [4.69, 9.17) is 0 Å². The number of rotatable bonds is 7. The second-order valence-electron chi connectivity index (χ2n) is 6.25. The highest BCUT2D eigenvalue weighted by Gasteiger charge is 2.08.